The quantitative estimate of drug-likeness (QED) is 0.772. The summed E-state index contributed by atoms with van der Waals surface area (Å²) in [5, 5.41) is 10.2. The van der Waals surface area contributed by atoms with Crippen LogP contribution in [-0.2, 0) is 4.74 Å². The predicted molar refractivity (Wildman–Crippen MR) is 103 cm³/mol. The Labute approximate surface area is 158 Å². The number of ether oxygens (including phenoxy) is 1. The van der Waals surface area contributed by atoms with Gasteiger partial charge in [0.2, 0.25) is 0 Å². The number of hydrogen-bond donors (Lipinski definition) is 1. The molecule has 1 saturated heterocycles. The Hall–Kier alpha value is -2.70. The third-order valence-corrected chi connectivity index (χ3v) is 4.74. The highest BCUT2D eigenvalue weighted by Crippen LogP contribution is 2.21. The van der Waals surface area contributed by atoms with E-state index in [4.69, 9.17) is 4.74 Å². The Morgan fingerprint density at radius 2 is 1.93 bits per heavy atom. The van der Waals surface area contributed by atoms with Gasteiger partial charge in [0, 0.05) is 31.0 Å². The number of aliphatic hydroxyl groups excluding tert-OH is 1. The average Bonchev–Trinajstić information content (AvgIpc) is 3.24. The number of hydrogen-bond acceptors (Lipinski definition) is 4. The van der Waals surface area contributed by atoms with Gasteiger partial charge >= 0.3 is 0 Å². The lowest BCUT2D eigenvalue weighted by Gasteiger charge is -2.18. The molecule has 1 fully saturated rings. The summed E-state index contributed by atoms with van der Waals surface area (Å²) in [6.07, 6.45) is 2.73. The normalized spacial score (nSPS) is 19.9. The summed E-state index contributed by atoms with van der Waals surface area (Å²) in [5.74, 6) is -0.110. The first kappa shape index (κ1) is 17.7. The molecule has 0 radical (unpaired) electrons. The molecule has 3 aromatic rings. The Balaban J connectivity index is 1.56. The van der Waals surface area contributed by atoms with Crippen LogP contribution in [0.1, 0.15) is 24.2 Å². The molecule has 2 aromatic heterocycles. The van der Waals surface area contributed by atoms with Gasteiger partial charge in [-0.2, -0.15) is 0 Å². The molecule has 6 nitrogen and oxygen atoms in total. The minimum absolute atomic E-state index is 0.0124. The van der Waals surface area contributed by atoms with E-state index in [1.165, 1.54) is 0 Å². The van der Waals surface area contributed by atoms with Crippen LogP contribution >= 0.6 is 0 Å². The summed E-state index contributed by atoms with van der Waals surface area (Å²) in [4.78, 5) is 19.1. The number of likely N-dealkylation sites (tertiary alicyclic amines) is 1. The fraction of sp³-hybridized carbons (Fsp3) is 0.333. The molecular weight excluding hydrogens is 342 g/mol. The Bertz CT molecular complexity index is 952. The monoisotopic (exact) mass is 365 g/mol. The minimum atomic E-state index is -0.655. The predicted octanol–water partition coefficient (Wildman–Crippen LogP) is 2.61. The average molecular weight is 365 g/mol. The molecule has 0 unspecified atom stereocenters. The maximum Gasteiger partial charge on any atom is 0.255 e. The van der Waals surface area contributed by atoms with Crippen molar-refractivity contribution in [1.82, 2.24) is 14.3 Å². The molecule has 1 aliphatic heterocycles. The summed E-state index contributed by atoms with van der Waals surface area (Å²) >= 11 is 0. The number of β-amino-alcohol motifs (C(OH)–C–C–N with tert-alkyl or cyclic N) is 1. The van der Waals surface area contributed by atoms with Gasteiger partial charge in [-0.1, -0.05) is 30.3 Å². The van der Waals surface area contributed by atoms with E-state index in [0.717, 1.165) is 16.9 Å². The van der Waals surface area contributed by atoms with Gasteiger partial charge in [0.1, 0.15) is 11.8 Å². The third-order valence-electron chi connectivity index (χ3n) is 4.74. The standard InChI is InChI=1S/C21H23N3O3/c1-14(2)27-19-13-24(12-18(19)25)21(26)16-8-9-20-22-17(11-23(20)10-16)15-6-4-3-5-7-15/h3-11,14,18-19,25H,12-13H2,1-2H3/t18-,19-/m1/s1. The molecule has 27 heavy (non-hydrogen) atoms. The number of fused-ring (bicyclic) bond motifs is 1. The number of nitrogens with zero attached hydrogens (tertiary/aromatic N) is 3. The van der Waals surface area contributed by atoms with Crippen molar-refractivity contribution < 1.29 is 14.6 Å². The van der Waals surface area contributed by atoms with Gasteiger partial charge in [-0.15, -0.1) is 0 Å². The molecule has 0 aliphatic carbocycles. The van der Waals surface area contributed by atoms with Gasteiger partial charge in [-0.25, -0.2) is 4.98 Å². The van der Waals surface area contributed by atoms with Crippen molar-refractivity contribution in [3.63, 3.8) is 0 Å². The van der Waals surface area contributed by atoms with Crippen LogP contribution in [0.3, 0.4) is 0 Å². The largest absolute Gasteiger partial charge is 0.388 e. The highest BCUT2D eigenvalue weighted by molar-refractivity contribution is 5.94. The van der Waals surface area contributed by atoms with Crippen molar-refractivity contribution in [2.45, 2.75) is 32.2 Å². The lowest BCUT2D eigenvalue weighted by atomic mass is 10.2. The molecule has 0 bridgehead atoms. The first-order valence-electron chi connectivity index (χ1n) is 9.18. The molecule has 140 valence electrons. The van der Waals surface area contributed by atoms with Gasteiger partial charge < -0.3 is 19.1 Å². The van der Waals surface area contributed by atoms with Crippen molar-refractivity contribution in [2.24, 2.45) is 0 Å². The maximum atomic E-state index is 12.9. The van der Waals surface area contributed by atoms with Crippen LogP contribution in [0, 0.1) is 0 Å². The summed E-state index contributed by atoms with van der Waals surface area (Å²) in [5.41, 5.74) is 3.25. The van der Waals surface area contributed by atoms with E-state index in [1.54, 1.807) is 17.2 Å². The number of imidazole rings is 1. The van der Waals surface area contributed by atoms with Crippen LogP contribution in [0.2, 0.25) is 0 Å². The second kappa shape index (κ2) is 7.13. The molecule has 1 N–H and O–H groups in total. The molecular formula is C21H23N3O3. The molecule has 0 saturated carbocycles. The summed E-state index contributed by atoms with van der Waals surface area (Å²) in [6, 6.07) is 13.6. The number of carbonyl (C=O) groups is 1. The van der Waals surface area contributed by atoms with Crippen molar-refractivity contribution >= 4 is 11.6 Å². The number of aromatic nitrogens is 2. The van der Waals surface area contributed by atoms with Crippen molar-refractivity contribution in [1.29, 1.82) is 0 Å². The Kier molecular flexibility index (Phi) is 4.68. The first-order chi connectivity index (χ1) is 13.0. The van der Waals surface area contributed by atoms with Crippen molar-refractivity contribution in [2.75, 3.05) is 13.1 Å². The van der Waals surface area contributed by atoms with Crippen LogP contribution in [0.25, 0.3) is 16.9 Å². The maximum absolute atomic E-state index is 12.9. The molecule has 1 amide bonds. The summed E-state index contributed by atoms with van der Waals surface area (Å²) in [7, 11) is 0. The zero-order chi connectivity index (χ0) is 19.0. The van der Waals surface area contributed by atoms with Gasteiger partial charge in [0.25, 0.3) is 5.91 Å². The van der Waals surface area contributed by atoms with Crippen LogP contribution in [0.15, 0.2) is 54.9 Å². The van der Waals surface area contributed by atoms with Crippen LogP contribution in [0.5, 0.6) is 0 Å². The molecule has 1 aromatic carbocycles. The molecule has 2 atom stereocenters. The SMILES string of the molecule is CC(C)O[C@@H]1CN(C(=O)c2ccc3nc(-c4ccccc4)cn3c2)C[C@H]1O. The van der Waals surface area contributed by atoms with Gasteiger partial charge in [0.15, 0.2) is 0 Å². The molecule has 4 rings (SSSR count). The number of aliphatic hydroxyl groups is 1. The van der Waals surface area contributed by atoms with Crippen LogP contribution in [-0.4, -0.2) is 56.7 Å². The number of pyridine rings is 1. The molecule has 0 spiro atoms. The van der Waals surface area contributed by atoms with E-state index in [-0.39, 0.29) is 24.7 Å². The van der Waals surface area contributed by atoms with E-state index in [9.17, 15) is 9.90 Å². The fourth-order valence-corrected chi connectivity index (χ4v) is 3.45. The fourth-order valence-electron chi connectivity index (χ4n) is 3.45. The zero-order valence-corrected chi connectivity index (χ0v) is 15.4. The molecule has 1 aliphatic rings. The smallest absolute Gasteiger partial charge is 0.255 e. The second-order valence-corrected chi connectivity index (χ2v) is 7.18. The zero-order valence-electron chi connectivity index (χ0n) is 15.4. The lowest BCUT2D eigenvalue weighted by molar-refractivity contribution is -0.0394. The lowest BCUT2D eigenvalue weighted by Crippen LogP contribution is -2.31. The topological polar surface area (TPSA) is 67.1 Å². The van der Waals surface area contributed by atoms with Gasteiger partial charge in [0.05, 0.1) is 23.5 Å². The van der Waals surface area contributed by atoms with E-state index >= 15 is 0 Å². The number of benzene rings is 1. The van der Waals surface area contributed by atoms with Crippen molar-refractivity contribution in [3.05, 3.63) is 60.4 Å². The van der Waals surface area contributed by atoms with E-state index in [2.05, 4.69) is 4.98 Å². The Morgan fingerprint density at radius 1 is 1.15 bits per heavy atom. The van der Waals surface area contributed by atoms with Crippen molar-refractivity contribution in [3.8, 4) is 11.3 Å². The number of rotatable bonds is 4. The highest BCUT2D eigenvalue weighted by atomic mass is 16.5. The minimum Gasteiger partial charge on any atom is -0.388 e. The van der Waals surface area contributed by atoms with Gasteiger partial charge in [-0.05, 0) is 26.0 Å². The van der Waals surface area contributed by atoms with Gasteiger partial charge in [-0.3, -0.25) is 4.79 Å². The summed E-state index contributed by atoms with van der Waals surface area (Å²) in [6.45, 7) is 4.53. The highest BCUT2D eigenvalue weighted by Gasteiger charge is 2.35. The second-order valence-electron chi connectivity index (χ2n) is 7.18. The number of carbonyl (C=O) groups excluding carboxylic acids is 1. The van der Waals surface area contributed by atoms with E-state index < -0.39 is 6.10 Å². The summed E-state index contributed by atoms with van der Waals surface area (Å²) < 4.78 is 7.57. The first-order valence-corrected chi connectivity index (χ1v) is 9.18. The number of amides is 1. The van der Waals surface area contributed by atoms with E-state index in [1.807, 2.05) is 60.8 Å². The third kappa shape index (κ3) is 3.59. The Morgan fingerprint density at radius 3 is 2.67 bits per heavy atom. The van der Waals surface area contributed by atoms with Crippen LogP contribution in [0.4, 0.5) is 0 Å². The van der Waals surface area contributed by atoms with E-state index in [0.29, 0.717) is 12.1 Å². The molecule has 3 heterocycles. The van der Waals surface area contributed by atoms with Crippen LogP contribution < -0.4 is 0 Å². The molecule has 6 heteroatoms.